The third-order valence-corrected chi connectivity index (χ3v) is 9.06. The number of anilines is 1. The van der Waals surface area contributed by atoms with E-state index in [1.807, 2.05) is 0 Å². The molecule has 9 nitrogen and oxygen atoms in total. The molecule has 212 valence electrons. The number of carbonyl (C=O) groups is 2. The van der Waals surface area contributed by atoms with E-state index in [9.17, 15) is 19.1 Å². The fourth-order valence-electron chi connectivity index (χ4n) is 6.37. The van der Waals surface area contributed by atoms with Crippen LogP contribution in [0.4, 0.5) is 10.3 Å². The highest BCUT2D eigenvalue weighted by Crippen LogP contribution is 2.47. The molecule has 7 rings (SSSR count). The number of aromatic nitrogens is 3. The first kappa shape index (κ1) is 26.3. The van der Waals surface area contributed by atoms with E-state index in [1.165, 1.54) is 6.07 Å². The zero-order valence-corrected chi connectivity index (χ0v) is 23.5. The van der Waals surface area contributed by atoms with Gasteiger partial charge in [-0.1, -0.05) is 34.4 Å². The van der Waals surface area contributed by atoms with E-state index in [1.54, 1.807) is 29.8 Å². The average Bonchev–Trinajstić information content (AvgIpc) is 3.52. The van der Waals surface area contributed by atoms with Gasteiger partial charge in [-0.3, -0.25) is 0 Å². The van der Waals surface area contributed by atoms with Crippen molar-refractivity contribution >= 4 is 52.1 Å². The average molecular weight is 599 g/mol. The van der Waals surface area contributed by atoms with E-state index in [-0.39, 0.29) is 46.4 Å². The highest BCUT2D eigenvalue weighted by Gasteiger charge is 2.45. The van der Waals surface area contributed by atoms with Crippen LogP contribution in [0.5, 0.6) is 0 Å². The third-order valence-electron chi connectivity index (χ3n) is 8.43. The van der Waals surface area contributed by atoms with Gasteiger partial charge in [0.25, 0.3) is 0 Å². The van der Waals surface area contributed by atoms with Crippen LogP contribution < -0.4 is 4.90 Å². The SMILES string of the molecule is Cn1c(N2[C@@H]3CC[C@H]2CC(OC(=O)c2c(-c4c(Cl)cccc4Cl)noc2C2CC2)C3)nc2c(F)cc(C(=O)O)cc21. The van der Waals surface area contributed by atoms with E-state index < -0.39 is 17.8 Å². The summed E-state index contributed by atoms with van der Waals surface area (Å²) >= 11 is 12.9. The quantitative estimate of drug-likeness (QED) is 0.247. The van der Waals surface area contributed by atoms with Crippen molar-refractivity contribution in [2.24, 2.45) is 7.05 Å². The molecule has 1 N–H and O–H groups in total. The Bertz CT molecular complexity index is 1700. The molecule has 12 heteroatoms. The predicted octanol–water partition coefficient (Wildman–Crippen LogP) is 6.61. The number of aromatic carboxylic acids is 1. The molecule has 2 aromatic heterocycles. The van der Waals surface area contributed by atoms with Crippen LogP contribution in [0.3, 0.4) is 0 Å². The van der Waals surface area contributed by atoms with Gasteiger partial charge in [-0.05, 0) is 49.9 Å². The Labute approximate surface area is 243 Å². The molecular weight excluding hydrogens is 574 g/mol. The van der Waals surface area contributed by atoms with Crippen LogP contribution in [-0.4, -0.2) is 49.9 Å². The molecule has 2 aromatic carbocycles. The minimum atomic E-state index is -1.20. The van der Waals surface area contributed by atoms with Gasteiger partial charge in [0.15, 0.2) is 11.6 Å². The molecule has 1 unspecified atom stereocenters. The Morgan fingerprint density at radius 3 is 2.41 bits per heavy atom. The maximum atomic E-state index is 14.8. The first-order valence-electron chi connectivity index (χ1n) is 13.5. The number of esters is 1. The normalized spacial score (nSPS) is 22.0. The van der Waals surface area contributed by atoms with Gasteiger partial charge < -0.3 is 23.8 Å². The summed E-state index contributed by atoms with van der Waals surface area (Å²) < 4.78 is 28.3. The second-order valence-electron chi connectivity index (χ2n) is 11.0. The summed E-state index contributed by atoms with van der Waals surface area (Å²) in [5.74, 6) is -1.20. The van der Waals surface area contributed by atoms with E-state index in [0.29, 0.717) is 45.7 Å². The van der Waals surface area contributed by atoms with Crippen molar-refractivity contribution in [1.29, 1.82) is 0 Å². The van der Waals surface area contributed by atoms with Gasteiger partial charge in [0, 0.05) is 43.5 Å². The zero-order chi connectivity index (χ0) is 28.6. The van der Waals surface area contributed by atoms with Crippen LogP contribution in [0.15, 0.2) is 34.9 Å². The molecular formula is C29H25Cl2FN4O5. The summed E-state index contributed by atoms with van der Waals surface area (Å²) in [5.41, 5.74) is 1.42. The molecule has 3 aliphatic rings. The van der Waals surface area contributed by atoms with Crippen LogP contribution in [-0.2, 0) is 11.8 Å². The van der Waals surface area contributed by atoms with E-state index >= 15 is 0 Å². The van der Waals surface area contributed by atoms with E-state index in [2.05, 4.69) is 15.0 Å². The summed E-state index contributed by atoms with van der Waals surface area (Å²) in [6, 6.07) is 7.57. The van der Waals surface area contributed by atoms with Crippen molar-refractivity contribution < 1.29 is 28.3 Å². The van der Waals surface area contributed by atoms with Crippen LogP contribution in [0.1, 0.15) is 70.9 Å². The first-order chi connectivity index (χ1) is 19.7. The van der Waals surface area contributed by atoms with Gasteiger partial charge in [-0.25, -0.2) is 19.0 Å². The molecule has 2 aliphatic heterocycles. The molecule has 0 radical (unpaired) electrons. The van der Waals surface area contributed by atoms with Gasteiger partial charge in [0.2, 0.25) is 5.95 Å². The highest BCUT2D eigenvalue weighted by molar-refractivity contribution is 6.39. The third kappa shape index (κ3) is 4.35. The summed E-state index contributed by atoms with van der Waals surface area (Å²) in [6.45, 7) is 0. The maximum Gasteiger partial charge on any atom is 0.344 e. The molecule has 2 saturated heterocycles. The van der Waals surface area contributed by atoms with Crippen molar-refractivity contribution in [2.45, 2.75) is 62.6 Å². The van der Waals surface area contributed by atoms with Crippen molar-refractivity contribution in [3.05, 3.63) is 63.1 Å². The largest absolute Gasteiger partial charge is 0.478 e. The molecule has 4 aromatic rings. The first-order valence-corrected chi connectivity index (χ1v) is 14.3. The Balaban J connectivity index is 1.16. The number of aryl methyl sites for hydroxylation is 1. The number of carboxylic acid groups (broad SMARTS) is 1. The van der Waals surface area contributed by atoms with Crippen molar-refractivity contribution in [3.63, 3.8) is 0 Å². The lowest BCUT2D eigenvalue weighted by Crippen LogP contribution is -2.47. The number of carbonyl (C=O) groups excluding carboxylic acids is 1. The highest BCUT2D eigenvalue weighted by atomic mass is 35.5. The number of imidazole rings is 1. The number of hydrogen-bond acceptors (Lipinski definition) is 7. The molecule has 4 heterocycles. The van der Waals surface area contributed by atoms with Crippen LogP contribution in [0, 0.1) is 5.82 Å². The van der Waals surface area contributed by atoms with Crippen molar-refractivity contribution in [1.82, 2.24) is 14.7 Å². The van der Waals surface area contributed by atoms with E-state index in [0.717, 1.165) is 31.7 Å². The smallest absolute Gasteiger partial charge is 0.344 e. The molecule has 41 heavy (non-hydrogen) atoms. The number of piperidine rings is 1. The molecule has 0 spiro atoms. The molecule has 0 amide bonds. The second kappa shape index (κ2) is 9.73. The van der Waals surface area contributed by atoms with Crippen LogP contribution in [0.2, 0.25) is 10.0 Å². The maximum absolute atomic E-state index is 14.8. The Hall–Kier alpha value is -3.63. The second-order valence-corrected chi connectivity index (χ2v) is 11.8. The van der Waals surface area contributed by atoms with Gasteiger partial charge in [-0.15, -0.1) is 0 Å². The number of carboxylic acids is 1. The number of hydrogen-bond donors (Lipinski definition) is 1. The van der Waals surface area contributed by atoms with Gasteiger partial charge in [-0.2, -0.15) is 0 Å². The minimum absolute atomic E-state index is 0.0203. The fraction of sp³-hybridized carbons (Fsp3) is 0.379. The molecule has 1 saturated carbocycles. The summed E-state index contributed by atoms with van der Waals surface area (Å²) in [4.78, 5) is 31.9. The van der Waals surface area contributed by atoms with Crippen LogP contribution >= 0.6 is 23.2 Å². The molecule has 3 fully saturated rings. The number of nitrogens with zero attached hydrogens (tertiary/aromatic N) is 4. The zero-order valence-electron chi connectivity index (χ0n) is 21.9. The minimum Gasteiger partial charge on any atom is -0.478 e. The number of fused-ring (bicyclic) bond motifs is 3. The predicted molar refractivity (Wildman–Crippen MR) is 149 cm³/mol. The fourth-order valence-corrected chi connectivity index (χ4v) is 6.94. The number of benzene rings is 2. The number of halogens is 3. The number of ether oxygens (including phenoxy) is 1. The summed E-state index contributed by atoms with van der Waals surface area (Å²) in [7, 11) is 1.76. The van der Waals surface area contributed by atoms with E-state index in [4.69, 9.17) is 32.5 Å². The monoisotopic (exact) mass is 598 g/mol. The van der Waals surface area contributed by atoms with Gasteiger partial charge in [0.05, 0.1) is 21.1 Å². The number of rotatable bonds is 6. The molecule has 2 bridgehead atoms. The summed E-state index contributed by atoms with van der Waals surface area (Å²) in [5, 5.41) is 14.3. The Kier molecular flexibility index (Phi) is 6.24. The van der Waals surface area contributed by atoms with Gasteiger partial charge in [0.1, 0.15) is 22.9 Å². The molecule has 3 atom stereocenters. The lowest BCUT2D eigenvalue weighted by atomic mass is 9.99. The Morgan fingerprint density at radius 2 is 1.78 bits per heavy atom. The molecule has 1 aliphatic carbocycles. The topological polar surface area (TPSA) is 111 Å². The summed E-state index contributed by atoms with van der Waals surface area (Å²) in [6.07, 6.45) is 4.33. The Morgan fingerprint density at radius 1 is 1.10 bits per heavy atom. The van der Waals surface area contributed by atoms with Crippen molar-refractivity contribution in [2.75, 3.05) is 4.90 Å². The lowest BCUT2D eigenvalue weighted by Gasteiger charge is -2.39. The standard InChI is InChI=1S/C29H25Cl2FN4O5/c1-35-21-10-14(27(37)38)9-20(32)24(21)33-29(35)36-15-7-8-16(36)12-17(11-15)40-28(39)23-25(34-41-26(23)13-5-6-13)22-18(30)3-2-4-19(22)31/h2-4,9-10,13,15-17H,5-8,11-12H2,1H3,(H,37,38)/t15-,16+,17?. The van der Waals surface area contributed by atoms with Gasteiger partial charge >= 0.3 is 11.9 Å². The lowest BCUT2D eigenvalue weighted by molar-refractivity contribution is 0.0201. The van der Waals surface area contributed by atoms with Crippen LogP contribution in [0.25, 0.3) is 22.3 Å². The van der Waals surface area contributed by atoms with Crippen molar-refractivity contribution in [3.8, 4) is 11.3 Å².